The van der Waals surface area contributed by atoms with Crippen LogP contribution in [0.15, 0.2) is 24.3 Å². The molecule has 1 aromatic carbocycles. The normalized spacial score (nSPS) is 24.0. The number of benzene rings is 1. The maximum atomic E-state index is 11.7. The molecule has 0 aromatic heterocycles. The summed E-state index contributed by atoms with van der Waals surface area (Å²) >= 11 is 2.19. The summed E-state index contributed by atoms with van der Waals surface area (Å²) in [6, 6.07) is 6.42. The summed E-state index contributed by atoms with van der Waals surface area (Å²) in [5.41, 5.74) is 6.46. The Labute approximate surface area is 142 Å². The second-order valence-electron chi connectivity index (χ2n) is 4.91. The van der Waals surface area contributed by atoms with Crippen LogP contribution in [0.25, 0.3) is 0 Å². The van der Waals surface area contributed by atoms with Crippen LogP contribution in [-0.4, -0.2) is 34.9 Å². The molecule has 1 saturated heterocycles. The molecule has 1 heterocycles. The van der Waals surface area contributed by atoms with E-state index in [0.29, 0.717) is 18.5 Å². The van der Waals surface area contributed by atoms with E-state index < -0.39 is 11.9 Å². The van der Waals surface area contributed by atoms with Crippen LogP contribution in [0, 0.1) is 0 Å². The highest BCUT2D eigenvalue weighted by Crippen LogP contribution is 2.16. The molecule has 1 fully saturated rings. The van der Waals surface area contributed by atoms with Crippen LogP contribution in [0.5, 0.6) is 5.75 Å². The van der Waals surface area contributed by atoms with Crippen LogP contribution in [0.1, 0.15) is 23.7 Å². The van der Waals surface area contributed by atoms with Gasteiger partial charge in [-0.3, -0.25) is 21.2 Å². The van der Waals surface area contributed by atoms with E-state index in [1.807, 2.05) is 0 Å². The van der Waals surface area contributed by atoms with E-state index in [1.165, 1.54) is 6.07 Å². The van der Waals surface area contributed by atoms with Crippen LogP contribution >= 0.6 is 22.6 Å². The van der Waals surface area contributed by atoms with Crippen molar-refractivity contribution in [3.63, 3.8) is 0 Å². The maximum absolute atomic E-state index is 11.7. The minimum atomic E-state index is -0.953. The lowest BCUT2D eigenvalue weighted by Gasteiger charge is -2.23. The van der Waals surface area contributed by atoms with Gasteiger partial charge < -0.3 is 9.47 Å². The van der Waals surface area contributed by atoms with Gasteiger partial charge in [0, 0.05) is 18.5 Å². The third kappa shape index (κ3) is 4.63. The molecule has 1 aliphatic heterocycles. The molecule has 22 heavy (non-hydrogen) atoms. The lowest BCUT2D eigenvalue weighted by atomic mass is 10.1. The van der Waals surface area contributed by atoms with Gasteiger partial charge in [-0.25, -0.2) is 4.79 Å². The standard InChI is InChI=1S/C14H18IN3O4/c1-2-11(19)9-4-3-5-10(6-9)22-13(20)21-8-14(16)17-7-12(15)18-14/h3-6,12,17-18H,2,7-8,16H2,1H3. The Morgan fingerprint density at radius 3 is 2.91 bits per heavy atom. The minimum Gasteiger partial charge on any atom is -0.429 e. The number of carbonyl (C=O) groups is 2. The van der Waals surface area contributed by atoms with Crippen molar-refractivity contribution >= 4 is 34.5 Å². The Morgan fingerprint density at radius 1 is 1.50 bits per heavy atom. The number of Topliss-reactive ketones (excluding diaryl/α,β-unsaturated/α-hetero) is 1. The van der Waals surface area contributed by atoms with Gasteiger partial charge in [0.1, 0.15) is 12.4 Å². The monoisotopic (exact) mass is 419 g/mol. The number of ketones is 1. The molecule has 1 aliphatic rings. The van der Waals surface area contributed by atoms with E-state index in [0.717, 1.165) is 0 Å². The van der Waals surface area contributed by atoms with E-state index in [2.05, 4.69) is 33.2 Å². The van der Waals surface area contributed by atoms with Crippen LogP contribution < -0.4 is 21.1 Å². The van der Waals surface area contributed by atoms with E-state index in [4.69, 9.17) is 15.2 Å². The molecule has 0 aliphatic carbocycles. The predicted octanol–water partition coefficient (Wildman–Crippen LogP) is 1.36. The molecule has 0 radical (unpaired) electrons. The van der Waals surface area contributed by atoms with E-state index in [1.54, 1.807) is 25.1 Å². The summed E-state index contributed by atoms with van der Waals surface area (Å²) in [7, 11) is 0. The van der Waals surface area contributed by atoms with Gasteiger partial charge in [0.25, 0.3) is 0 Å². The summed E-state index contributed by atoms with van der Waals surface area (Å²) in [4.78, 5) is 23.3. The van der Waals surface area contributed by atoms with Crippen molar-refractivity contribution in [3.05, 3.63) is 29.8 Å². The second kappa shape index (κ2) is 7.36. The maximum Gasteiger partial charge on any atom is 0.514 e. The fourth-order valence-electron chi connectivity index (χ4n) is 1.98. The molecule has 0 bridgehead atoms. The Balaban J connectivity index is 1.88. The number of alkyl halides is 1. The first-order valence-corrected chi connectivity index (χ1v) is 8.10. The van der Waals surface area contributed by atoms with E-state index in [9.17, 15) is 9.59 Å². The first-order valence-electron chi connectivity index (χ1n) is 6.85. The van der Waals surface area contributed by atoms with Gasteiger partial charge in [-0.1, -0.05) is 41.6 Å². The Bertz CT molecular complexity index is 569. The first kappa shape index (κ1) is 17.1. The average molecular weight is 419 g/mol. The van der Waals surface area contributed by atoms with Crippen LogP contribution in [0.3, 0.4) is 0 Å². The average Bonchev–Trinajstić information content (AvgIpc) is 2.84. The number of halogens is 1. The predicted molar refractivity (Wildman–Crippen MR) is 88.9 cm³/mol. The molecular formula is C14H18IN3O4. The number of carbonyl (C=O) groups excluding carboxylic acids is 2. The van der Waals surface area contributed by atoms with Crippen molar-refractivity contribution in [3.8, 4) is 5.75 Å². The lowest BCUT2D eigenvalue weighted by molar-refractivity contribution is 0.0670. The number of hydrogen-bond donors (Lipinski definition) is 3. The van der Waals surface area contributed by atoms with Crippen molar-refractivity contribution in [1.29, 1.82) is 0 Å². The molecule has 1 aromatic rings. The first-order chi connectivity index (χ1) is 10.4. The summed E-state index contributed by atoms with van der Waals surface area (Å²) in [5, 5.41) is 6.07. The van der Waals surface area contributed by atoms with Gasteiger partial charge in [0.2, 0.25) is 0 Å². The molecule has 0 amide bonds. The Morgan fingerprint density at radius 2 is 2.27 bits per heavy atom. The van der Waals surface area contributed by atoms with Gasteiger partial charge in [0.05, 0.1) is 4.05 Å². The van der Waals surface area contributed by atoms with Crippen molar-refractivity contribution in [1.82, 2.24) is 10.6 Å². The lowest BCUT2D eigenvalue weighted by Crippen LogP contribution is -2.61. The fourth-order valence-corrected chi connectivity index (χ4v) is 2.76. The number of nitrogens with one attached hydrogen (secondary N) is 2. The molecule has 2 atom stereocenters. The van der Waals surface area contributed by atoms with Crippen molar-refractivity contribution < 1.29 is 19.1 Å². The number of nitrogens with two attached hydrogens (primary N) is 1. The third-order valence-electron chi connectivity index (χ3n) is 3.11. The molecule has 0 saturated carbocycles. The minimum absolute atomic E-state index is 0.0211. The highest BCUT2D eigenvalue weighted by atomic mass is 127. The SMILES string of the molecule is CCC(=O)c1cccc(OC(=O)OCC2(N)NCC(I)N2)c1. The molecule has 4 N–H and O–H groups in total. The van der Waals surface area contributed by atoms with E-state index >= 15 is 0 Å². The zero-order valence-corrected chi connectivity index (χ0v) is 14.3. The molecule has 2 unspecified atom stereocenters. The highest BCUT2D eigenvalue weighted by molar-refractivity contribution is 14.1. The quantitative estimate of drug-likeness (QED) is 0.165. The van der Waals surface area contributed by atoms with E-state index in [-0.39, 0.29) is 22.2 Å². The van der Waals surface area contributed by atoms with Crippen molar-refractivity contribution in [2.24, 2.45) is 5.73 Å². The van der Waals surface area contributed by atoms with Crippen molar-refractivity contribution in [2.45, 2.75) is 23.2 Å². The van der Waals surface area contributed by atoms with Crippen LogP contribution in [-0.2, 0) is 4.74 Å². The van der Waals surface area contributed by atoms with Crippen LogP contribution in [0.4, 0.5) is 4.79 Å². The number of ether oxygens (including phenoxy) is 2. The Hall–Kier alpha value is -1.23. The largest absolute Gasteiger partial charge is 0.514 e. The summed E-state index contributed by atoms with van der Waals surface area (Å²) in [5.74, 6) is -0.716. The Kier molecular flexibility index (Phi) is 5.73. The fraction of sp³-hybridized carbons (Fsp3) is 0.429. The van der Waals surface area contributed by atoms with Gasteiger partial charge in [0.15, 0.2) is 11.6 Å². The molecule has 2 rings (SSSR count). The van der Waals surface area contributed by atoms with Crippen LogP contribution in [0.2, 0.25) is 0 Å². The zero-order valence-electron chi connectivity index (χ0n) is 12.1. The summed E-state index contributed by atoms with van der Waals surface area (Å²) < 4.78 is 10.2. The van der Waals surface area contributed by atoms with Crippen molar-refractivity contribution in [2.75, 3.05) is 13.2 Å². The third-order valence-corrected chi connectivity index (χ3v) is 3.86. The molecule has 0 spiro atoms. The molecular weight excluding hydrogens is 401 g/mol. The van der Waals surface area contributed by atoms with Gasteiger partial charge in [-0.15, -0.1) is 0 Å². The zero-order chi connectivity index (χ0) is 16.2. The molecule has 7 nitrogen and oxygen atoms in total. The molecule has 120 valence electrons. The number of hydrogen-bond acceptors (Lipinski definition) is 7. The number of rotatable bonds is 5. The summed E-state index contributed by atoms with van der Waals surface area (Å²) in [6.45, 7) is 2.38. The second-order valence-corrected chi connectivity index (χ2v) is 6.41. The van der Waals surface area contributed by atoms with Gasteiger partial charge in [-0.05, 0) is 12.1 Å². The van der Waals surface area contributed by atoms with Gasteiger partial charge >= 0.3 is 6.16 Å². The highest BCUT2D eigenvalue weighted by Gasteiger charge is 2.34. The topological polar surface area (TPSA) is 103 Å². The van der Waals surface area contributed by atoms with Gasteiger partial charge in [-0.2, -0.15) is 0 Å². The summed E-state index contributed by atoms with van der Waals surface area (Å²) in [6.07, 6.45) is -0.482. The smallest absolute Gasteiger partial charge is 0.429 e. The molecule has 8 heteroatoms.